The van der Waals surface area contributed by atoms with Gasteiger partial charge in [0.05, 0.1) is 12.6 Å². The summed E-state index contributed by atoms with van der Waals surface area (Å²) >= 11 is 0. The van der Waals surface area contributed by atoms with Crippen LogP contribution in [0.2, 0.25) is 0 Å². The SMILES string of the molecule is COCCC(=O)NC1CC(c2nc(-c3ccc(OC(F)(F)F)cc3)no2)N(C)C1. The number of hydrogen-bond donors (Lipinski definition) is 1. The quantitative estimate of drug-likeness (QED) is 0.745. The molecule has 0 aliphatic carbocycles. The molecule has 2 heterocycles. The van der Waals surface area contributed by atoms with E-state index in [-0.39, 0.29) is 29.6 Å². The second-order valence-electron chi connectivity index (χ2n) is 6.73. The topological polar surface area (TPSA) is 89.7 Å². The van der Waals surface area contributed by atoms with Crippen LogP contribution in [0, 0.1) is 0 Å². The number of nitrogens with zero attached hydrogens (tertiary/aromatic N) is 3. The number of carbonyl (C=O) groups excluding carboxylic acids is 1. The van der Waals surface area contributed by atoms with Crippen LogP contribution in [0.5, 0.6) is 5.75 Å². The highest BCUT2D eigenvalue weighted by atomic mass is 19.4. The summed E-state index contributed by atoms with van der Waals surface area (Å²) in [5, 5.41) is 6.87. The number of likely N-dealkylation sites (tertiary alicyclic amines) is 1. The number of amides is 1. The highest BCUT2D eigenvalue weighted by molar-refractivity contribution is 5.76. The van der Waals surface area contributed by atoms with Gasteiger partial charge >= 0.3 is 6.36 Å². The molecular formula is C18H21F3N4O4. The predicted octanol–water partition coefficient (Wildman–Crippen LogP) is 2.53. The maximum Gasteiger partial charge on any atom is 0.573 e. The summed E-state index contributed by atoms with van der Waals surface area (Å²) in [5.74, 6) is 0.233. The first-order valence-electron chi connectivity index (χ1n) is 8.93. The molecule has 2 atom stereocenters. The summed E-state index contributed by atoms with van der Waals surface area (Å²) < 4.78 is 50.9. The average molecular weight is 414 g/mol. The summed E-state index contributed by atoms with van der Waals surface area (Å²) in [6.07, 6.45) is -3.85. The highest BCUT2D eigenvalue weighted by Crippen LogP contribution is 2.31. The number of methoxy groups -OCH3 is 1. The second-order valence-corrected chi connectivity index (χ2v) is 6.73. The summed E-state index contributed by atoms with van der Waals surface area (Å²) in [5.41, 5.74) is 0.500. The van der Waals surface area contributed by atoms with E-state index in [1.807, 2.05) is 11.9 Å². The molecule has 1 aromatic carbocycles. The van der Waals surface area contributed by atoms with Gasteiger partial charge in [0.15, 0.2) is 0 Å². The lowest BCUT2D eigenvalue weighted by atomic mass is 10.1. The summed E-state index contributed by atoms with van der Waals surface area (Å²) in [4.78, 5) is 18.2. The molecule has 11 heteroatoms. The van der Waals surface area contributed by atoms with E-state index in [4.69, 9.17) is 9.26 Å². The van der Waals surface area contributed by atoms with Crippen LogP contribution in [0.15, 0.2) is 28.8 Å². The molecule has 0 saturated carbocycles. The van der Waals surface area contributed by atoms with E-state index in [1.165, 1.54) is 31.4 Å². The zero-order valence-corrected chi connectivity index (χ0v) is 15.9. The Balaban J connectivity index is 1.63. The maximum atomic E-state index is 12.3. The van der Waals surface area contributed by atoms with E-state index in [9.17, 15) is 18.0 Å². The van der Waals surface area contributed by atoms with Crippen LogP contribution in [-0.2, 0) is 9.53 Å². The summed E-state index contributed by atoms with van der Waals surface area (Å²) in [6, 6.07) is 5.00. The first-order chi connectivity index (χ1) is 13.7. The average Bonchev–Trinajstić information content (AvgIpc) is 3.26. The molecule has 8 nitrogen and oxygen atoms in total. The van der Waals surface area contributed by atoms with Gasteiger partial charge in [-0.3, -0.25) is 9.69 Å². The number of ether oxygens (including phenoxy) is 2. The van der Waals surface area contributed by atoms with Gasteiger partial charge in [0.1, 0.15) is 5.75 Å². The van der Waals surface area contributed by atoms with Gasteiger partial charge in [-0.15, -0.1) is 13.2 Å². The molecule has 1 aliphatic rings. The minimum absolute atomic E-state index is 0.0523. The number of nitrogens with one attached hydrogen (secondary N) is 1. The number of carbonyl (C=O) groups is 1. The van der Waals surface area contributed by atoms with E-state index >= 15 is 0 Å². The Morgan fingerprint density at radius 3 is 2.72 bits per heavy atom. The third kappa shape index (κ3) is 5.67. The van der Waals surface area contributed by atoms with Crippen molar-refractivity contribution in [3.63, 3.8) is 0 Å². The number of halogens is 3. The normalized spacial score (nSPS) is 20.0. The largest absolute Gasteiger partial charge is 0.573 e. The minimum atomic E-state index is -4.75. The van der Waals surface area contributed by atoms with Crippen molar-refractivity contribution in [1.82, 2.24) is 20.4 Å². The Bertz CT molecular complexity index is 825. The van der Waals surface area contributed by atoms with Gasteiger partial charge in [-0.05, 0) is 37.7 Å². The first-order valence-corrected chi connectivity index (χ1v) is 8.93. The zero-order valence-electron chi connectivity index (χ0n) is 15.9. The molecule has 1 saturated heterocycles. The number of likely N-dealkylation sites (N-methyl/N-ethyl adjacent to an activating group) is 1. The minimum Gasteiger partial charge on any atom is -0.406 e. The Morgan fingerprint density at radius 1 is 1.34 bits per heavy atom. The van der Waals surface area contributed by atoms with E-state index in [2.05, 4.69) is 20.2 Å². The van der Waals surface area contributed by atoms with Crippen LogP contribution >= 0.6 is 0 Å². The molecule has 0 bridgehead atoms. The summed E-state index contributed by atoms with van der Waals surface area (Å²) in [7, 11) is 3.43. The van der Waals surface area contributed by atoms with Gasteiger partial charge in [0.25, 0.3) is 0 Å². The zero-order chi connectivity index (χ0) is 21.0. The van der Waals surface area contributed by atoms with Crippen LogP contribution in [0.4, 0.5) is 13.2 Å². The molecule has 2 aromatic rings. The van der Waals surface area contributed by atoms with Gasteiger partial charge in [0.2, 0.25) is 17.6 Å². The fourth-order valence-corrected chi connectivity index (χ4v) is 3.18. The van der Waals surface area contributed by atoms with Crippen LogP contribution in [0.3, 0.4) is 0 Å². The molecule has 29 heavy (non-hydrogen) atoms. The fourth-order valence-electron chi connectivity index (χ4n) is 3.18. The Morgan fingerprint density at radius 2 is 2.07 bits per heavy atom. The van der Waals surface area contributed by atoms with Gasteiger partial charge in [-0.25, -0.2) is 0 Å². The van der Waals surface area contributed by atoms with E-state index < -0.39 is 6.36 Å². The van der Waals surface area contributed by atoms with Crippen molar-refractivity contribution in [1.29, 1.82) is 0 Å². The number of benzene rings is 1. The van der Waals surface area contributed by atoms with E-state index in [1.54, 1.807) is 0 Å². The number of hydrogen-bond acceptors (Lipinski definition) is 7. The standard InChI is InChI=1S/C18H21F3N4O4/c1-25-10-12(22-15(26)7-8-27-2)9-14(25)17-23-16(24-29-17)11-3-5-13(6-4-11)28-18(19,20)21/h3-6,12,14H,7-10H2,1-2H3,(H,22,26). The molecule has 1 fully saturated rings. The van der Waals surface area contributed by atoms with Crippen molar-refractivity contribution in [3.8, 4) is 17.1 Å². The van der Waals surface area contributed by atoms with Crippen LogP contribution in [0.1, 0.15) is 24.8 Å². The third-order valence-corrected chi connectivity index (χ3v) is 4.52. The molecule has 1 amide bonds. The van der Waals surface area contributed by atoms with E-state index in [0.717, 1.165) is 0 Å². The van der Waals surface area contributed by atoms with Crippen LogP contribution < -0.4 is 10.1 Å². The van der Waals surface area contributed by atoms with Crippen LogP contribution in [0.25, 0.3) is 11.4 Å². The molecule has 1 N–H and O–H groups in total. The fraction of sp³-hybridized carbons (Fsp3) is 0.500. The maximum absolute atomic E-state index is 12.3. The third-order valence-electron chi connectivity index (χ3n) is 4.52. The van der Waals surface area contributed by atoms with Crippen molar-refractivity contribution in [2.75, 3.05) is 27.3 Å². The lowest BCUT2D eigenvalue weighted by Gasteiger charge is -2.14. The Hall–Kier alpha value is -2.66. The van der Waals surface area contributed by atoms with E-state index in [0.29, 0.717) is 37.4 Å². The molecule has 0 radical (unpaired) electrons. The second kappa shape index (κ2) is 8.78. The molecule has 2 unspecified atom stereocenters. The molecule has 3 rings (SSSR count). The Labute approximate surface area is 165 Å². The number of rotatable bonds is 7. The molecule has 1 aromatic heterocycles. The van der Waals surface area contributed by atoms with Gasteiger partial charge < -0.3 is 19.3 Å². The summed E-state index contributed by atoms with van der Waals surface area (Å²) in [6.45, 7) is 0.988. The Kier molecular flexibility index (Phi) is 6.38. The van der Waals surface area contributed by atoms with Crippen molar-refractivity contribution in [3.05, 3.63) is 30.2 Å². The van der Waals surface area contributed by atoms with Crippen molar-refractivity contribution < 1.29 is 32.0 Å². The van der Waals surface area contributed by atoms with Gasteiger partial charge in [-0.2, -0.15) is 4.98 Å². The van der Waals surface area contributed by atoms with Crippen molar-refractivity contribution >= 4 is 5.91 Å². The lowest BCUT2D eigenvalue weighted by Crippen LogP contribution is -2.36. The molecular weight excluding hydrogens is 393 g/mol. The molecule has 1 aliphatic heterocycles. The number of alkyl halides is 3. The highest BCUT2D eigenvalue weighted by Gasteiger charge is 2.35. The smallest absolute Gasteiger partial charge is 0.406 e. The monoisotopic (exact) mass is 414 g/mol. The lowest BCUT2D eigenvalue weighted by molar-refractivity contribution is -0.274. The first kappa shape index (κ1) is 21.1. The van der Waals surface area contributed by atoms with Gasteiger partial charge in [-0.1, -0.05) is 5.16 Å². The van der Waals surface area contributed by atoms with Crippen molar-refractivity contribution in [2.45, 2.75) is 31.3 Å². The molecule has 158 valence electrons. The molecule has 0 spiro atoms. The van der Waals surface area contributed by atoms with Crippen LogP contribution in [-0.4, -0.2) is 60.7 Å². The predicted molar refractivity (Wildman–Crippen MR) is 94.8 cm³/mol. The number of aromatic nitrogens is 2. The van der Waals surface area contributed by atoms with Gasteiger partial charge in [0, 0.05) is 31.7 Å². The van der Waals surface area contributed by atoms with Crippen molar-refractivity contribution in [2.24, 2.45) is 0 Å².